The molecule has 2 rings (SSSR count). The molecule has 0 spiro atoms. The number of aryl methyl sites for hydroxylation is 2. The lowest BCUT2D eigenvalue weighted by Gasteiger charge is -2.16. The number of thiophene rings is 1. The molecule has 18 heavy (non-hydrogen) atoms. The van der Waals surface area contributed by atoms with Gasteiger partial charge in [0.1, 0.15) is 0 Å². The summed E-state index contributed by atoms with van der Waals surface area (Å²) in [7, 11) is 0. The number of aromatic nitrogens is 1. The lowest BCUT2D eigenvalue weighted by molar-refractivity contribution is 0.488. The van der Waals surface area contributed by atoms with Crippen molar-refractivity contribution in [1.82, 2.24) is 10.3 Å². The molecule has 0 aromatic carbocycles. The van der Waals surface area contributed by atoms with E-state index >= 15 is 0 Å². The van der Waals surface area contributed by atoms with Crippen molar-refractivity contribution in [1.29, 1.82) is 0 Å². The van der Waals surface area contributed by atoms with Crippen molar-refractivity contribution in [3.8, 4) is 0 Å². The Morgan fingerprint density at radius 2 is 2.28 bits per heavy atom. The van der Waals surface area contributed by atoms with E-state index in [0.717, 1.165) is 24.4 Å². The van der Waals surface area contributed by atoms with Gasteiger partial charge in [-0.3, -0.25) is 0 Å². The van der Waals surface area contributed by atoms with Crippen molar-refractivity contribution < 1.29 is 0 Å². The van der Waals surface area contributed by atoms with Crippen molar-refractivity contribution in [3.05, 3.63) is 38.5 Å². The molecule has 2 aromatic heterocycles. The van der Waals surface area contributed by atoms with Gasteiger partial charge in [-0.25, -0.2) is 4.98 Å². The molecule has 0 amide bonds. The summed E-state index contributed by atoms with van der Waals surface area (Å²) in [5, 5.41) is 11.3. The number of likely N-dealkylation sites (N-methyl/N-ethyl adjacent to an activating group) is 1. The highest BCUT2D eigenvalue weighted by molar-refractivity contribution is 7.09. The molecule has 2 aromatic rings. The first-order valence-electron chi connectivity index (χ1n) is 6.43. The Labute approximate surface area is 117 Å². The molecule has 0 fully saturated rings. The van der Waals surface area contributed by atoms with Crippen LogP contribution in [-0.4, -0.2) is 17.6 Å². The van der Waals surface area contributed by atoms with Gasteiger partial charge in [0.2, 0.25) is 0 Å². The summed E-state index contributed by atoms with van der Waals surface area (Å²) in [6, 6.07) is 2.76. The zero-order valence-corrected chi connectivity index (χ0v) is 12.6. The number of thiazole rings is 1. The Bertz CT molecular complexity index is 448. The number of nitrogens with zero attached hydrogens (tertiary/aromatic N) is 1. The second-order valence-corrected chi connectivity index (χ2v) is 6.33. The van der Waals surface area contributed by atoms with Crippen LogP contribution in [0, 0.1) is 6.92 Å². The Balaban J connectivity index is 1.87. The van der Waals surface area contributed by atoms with Crippen LogP contribution in [0.3, 0.4) is 0 Å². The Morgan fingerprint density at radius 3 is 2.89 bits per heavy atom. The minimum Gasteiger partial charge on any atom is -0.314 e. The molecule has 0 aliphatic heterocycles. The minimum absolute atomic E-state index is 0.538. The highest BCUT2D eigenvalue weighted by Gasteiger charge is 2.10. The zero-order chi connectivity index (χ0) is 12.8. The van der Waals surface area contributed by atoms with Crippen LogP contribution >= 0.6 is 22.7 Å². The van der Waals surface area contributed by atoms with Crippen LogP contribution in [0.25, 0.3) is 0 Å². The summed E-state index contributed by atoms with van der Waals surface area (Å²) in [4.78, 5) is 4.56. The van der Waals surface area contributed by atoms with E-state index in [1.807, 2.05) is 0 Å². The van der Waals surface area contributed by atoms with Crippen molar-refractivity contribution in [2.45, 2.75) is 39.2 Å². The standard InChI is InChI=1S/C14H20N2S2/c1-3-15-13(5-4-12-6-7-17-9-12)8-14-10-18-11(2)16-14/h6-7,9-10,13,15H,3-5,8H2,1-2H3. The van der Waals surface area contributed by atoms with Crippen LogP contribution in [0.5, 0.6) is 0 Å². The summed E-state index contributed by atoms with van der Waals surface area (Å²) < 4.78 is 0. The first-order valence-corrected chi connectivity index (χ1v) is 8.25. The average molecular weight is 280 g/mol. The molecule has 0 saturated carbocycles. The molecular formula is C14H20N2S2. The highest BCUT2D eigenvalue weighted by Crippen LogP contribution is 2.14. The van der Waals surface area contributed by atoms with Crippen LogP contribution in [0.1, 0.15) is 29.6 Å². The van der Waals surface area contributed by atoms with E-state index in [4.69, 9.17) is 0 Å². The van der Waals surface area contributed by atoms with Gasteiger partial charge in [0.05, 0.1) is 10.7 Å². The van der Waals surface area contributed by atoms with Gasteiger partial charge >= 0.3 is 0 Å². The Kier molecular flexibility index (Phi) is 5.35. The molecule has 2 heterocycles. The van der Waals surface area contributed by atoms with Gasteiger partial charge < -0.3 is 5.32 Å². The lowest BCUT2D eigenvalue weighted by atomic mass is 10.0. The number of hydrogen-bond donors (Lipinski definition) is 1. The summed E-state index contributed by atoms with van der Waals surface area (Å²) in [5.74, 6) is 0. The predicted octanol–water partition coefficient (Wildman–Crippen LogP) is 3.67. The third-order valence-corrected chi connectivity index (χ3v) is 4.53. The fourth-order valence-corrected chi connectivity index (χ4v) is 3.42. The molecule has 98 valence electrons. The van der Waals surface area contributed by atoms with Gasteiger partial charge in [-0.2, -0.15) is 11.3 Å². The van der Waals surface area contributed by atoms with Gasteiger partial charge in [0.15, 0.2) is 0 Å². The fraction of sp³-hybridized carbons (Fsp3) is 0.500. The van der Waals surface area contributed by atoms with Gasteiger partial charge in [-0.1, -0.05) is 6.92 Å². The van der Waals surface area contributed by atoms with Gasteiger partial charge in [-0.15, -0.1) is 11.3 Å². The largest absolute Gasteiger partial charge is 0.314 e. The third kappa shape index (κ3) is 4.19. The number of rotatable bonds is 7. The molecule has 1 N–H and O–H groups in total. The molecular weight excluding hydrogens is 260 g/mol. The van der Waals surface area contributed by atoms with Crippen LogP contribution in [0.2, 0.25) is 0 Å². The van der Waals surface area contributed by atoms with E-state index in [0.29, 0.717) is 6.04 Å². The normalized spacial score (nSPS) is 12.8. The first kappa shape index (κ1) is 13.7. The molecule has 2 nitrogen and oxygen atoms in total. The van der Waals surface area contributed by atoms with Crippen molar-refractivity contribution in [2.75, 3.05) is 6.54 Å². The highest BCUT2D eigenvalue weighted by atomic mass is 32.1. The number of hydrogen-bond acceptors (Lipinski definition) is 4. The van der Waals surface area contributed by atoms with E-state index in [-0.39, 0.29) is 0 Å². The molecule has 1 unspecified atom stereocenters. The summed E-state index contributed by atoms with van der Waals surface area (Å²) in [6.45, 7) is 5.27. The SMILES string of the molecule is CCNC(CCc1ccsc1)Cc1csc(C)n1. The topological polar surface area (TPSA) is 24.9 Å². The second kappa shape index (κ2) is 7.02. The summed E-state index contributed by atoms with van der Waals surface area (Å²) in [6.07, 6.45) is 3.38. The van der Waals surface area contributed by atoms with Crippen LogP contribution < -0.4 is 5.32 Å². The third-order valence-electron chi connectivity index (χ3n) is 2.98. The van der Waals surface area contributed by atoms with Crippen molar-refractivity contribution >= 4 is 22.7 Å². The fourth-order valence-electron chi connectivity index (χ4n) is 2.10. The Morgan fingerprint density at radius 1 is 1.39 bits per heavy atom. The molecule has 0 saturated heterocycles. The second-order valence-electron chi connectivity index (χ2n) is 4.49. The van der Waals surface area contributed by atoms with E-state index in [9.17, 15) is 0 Å². The maximum atomic E-state index is 4.56. The average Bonchev–Trinajstić information content (AvgIpc) is 2.98. The van der Waals surface area contributed by atoms with Gasteiger partial charge in [-0.05, 0) is 48.7 Å². The summed E-state index contributed by atoms with van der Waals surface area (Å²) >= 11 is 3.52. The molecule has 1 atom stereocenters. The monoisotopic (exact) mass is 280 g/mol. The van der Waals surface area contributed by atoms with Crippen LogP contribution in [0.15, 0.2) is 22.2 Å². The lowest BCUT2D eigenvalue weighted by Crippen LogP contribution is -2.31. The minimum atomic E-state index is 0.538. The number of nitrogens with one attached hydrogen (secondary N) is 1. The first-order chi connectivity index (χ1) is 8.78. The van der Waals surface area contributed by atoms with E-state index < -0.39 is 0 Å². The zero-order valence-electron chi connectivity index (χ0n) is 11.0. The van der Waals surface area contributed by atoms with Gasteiger partial charge in [0.25, 0.3) is 0 Å². The van der Waals surface area contributed by atoms with Crippen molar-refractivity contribution in [3.63, 3.8) is 0 Å². The maximum Gasteiger partial charge on any atom is 0.0897 e. The van der Waals surface area contributed by atoms with Gasteiger partial charge in [0, 0.05) is 17.8 Å². The molecule has 0 aliphatic carbocycles. The molecule has 0 aliphatic rings. The molecule has 0 radical (unpaired) electrons. The van der Waals surface area contributed by atoms with E-state index in [2.05, 4.69) is 46.4 Å². The predicted molar refractivity (Wildman–Crippen MR) is 80.7 cm³/mol. The van der Waals surface area contributed by atoms with E-state index in [1.165, 1.54) is 17.7 Å². The quantitative estimate of drug-likeness (QED) is 0.837. The maximum absolute atomic E-state index is 4.56. The van der Waals surface area contributed by atoms with E-state index in [1.54, 1.807) is 22.7 Å². The summed E-state index contributed by atoms with van der Waals surface area (Å²) in [5.41, 5.74) is 2.69. The molecule has 4 heteroatoms. The molecule has 0 bridgehead atoms. The smallest absolute Gasteiger partial charge is 0.0897 e. The van der Waals surface area contributed by atoms with Crippen LogP contribution in [0.4, 0.5) is 0 Å². The van der Waals surface area contributed by atoms with Crippen LogP contribution in [-0.2, 0) is 12.8 Å². The Hall–Kier alpha value is -0.710. The van der Waals surface area contributed by atoms with Crippen molar-refractivity contribution in [2.24, 2.45) is 0 Å².